The zero-order valence-electron chi connectivity index (χ0n) is 19.8. The molecule has 0 heterocycles. The molecular weight excluding hydrogens is 496 g/mol. The first kappa shape index (κ1) is 25.3. The van der Waals surface area contributed by atoms with Crippen molar-refractivity contribution >= 4 is 28.1 Å². The average Bonchev–Trinajstić information content (AvgIpc) is 2.82. The SMILES string of the molecule is COc1cc(/C=N/NC(=O)COc2ccccc2C(C)(C)C)cc(Br)c1OCc1ccccc1. The van der Waals surface area contributed by atoms with Gasteiger partial charge in [-0.15, -0.1) is 0 Å². The van der Waals surface area contributed by atoms with Crippen molar-refractivity contribution in [3.63, 3.8) is 0 Å². The summed E-state index contributed by atoms with van der Waals surface area (Å²) in [5, 5.41) is 4.04. The molecule has 0 unspecified atom stereocenters. The molecule has 0 bridgehead atoms. The van der Waals surface area contributed by atoms with Crippen LogP contribution in [0.4, 0.5) is 0 Å². The molecule has 0 spiro atoms. The first-order valence-electron chi connectivity index (χ1n) is 10.9. The van der Waals surface area contributed by atoms with Crippen molar-refractivity contribution in [1.29, 1.82) is 0 Å². The van der Waals surface area contributed by atoms with Crippen molar-refractivity contribution in [2.45, 2.75) is 32.8 Å². The maximum atomic E-state index is 12.2. The number of nitrogens with zero attached hydrogens (tertiary/aromatic N) is 1. The number of benzene rings is 3. The van der Waals surface area contributed by atoms with Crippen molar-refractivity contribution in [1.82, 2.24) is 5.43 Å². The van der Waals surface area contributed by atoms with Crippen LogP contribution in [0.15, 0.2) is 76.3 Å². The van der Waals surface area contributed by atoms with Gasteiger partial charge in [0.25, 0.3) is 5.91 Å². The second-order valence-electron chi connectivity index (χ2n) is 8.64. The summed E-state index contributed by atoms with van der Waals surface area (Å²) in [6.07, 6.45) is 1.54. The molecule has 34 heavy (non-hydrogen) atoms. The van der Waals surface area contributed by atoms with E-state index in [9.17, 15) is 4.79 Å². The lowest BCUT2D eigenvalue weighted by Crippen LogP contribution is -2.25. The number of methoxy groups -OCH3 is 1. The van der Waals surface area contributed by atoms with Crippen LogP contribution in [0.2, 0.25) is 0 Å². The minimum Gasteiger partial charge on any atom is -0.493 e. The molecule has 0 saturated carbocycles. The number of rotatable bonds is 9. The van der Waals surface area contributed by atoms with Crippen molar-refractivity contribution in [3.05, 3.63) is 87.9 Å². The molecule has 1 N–H and O–H groups in total. The van der Waals surface area contributed by atoms with E-state index in [2.05, 4.69) is 47.2 Å². The molecule has 0 radical (unpaired) electrons. The van der Waals surface area contributed by atoms with Crippen LogP contribution in [0, 0.1) is 0 Å². The number of hydrogen-bond donors (Lipinski definition) is 1. The Kier molecular flexibility index (Phi) is 8.71. The summed E-state index contributed by atoms with van der Waals surface area (Å²) in [5.74, 6) is 1.49. The Bertz CT molecular complexity index is 1140. The Hall–Kier alpha value is -3.32. The topological polar surface area (TPSA) is 69.2 Å². The lowest BCUT2D eigenvalue weighted by molar-refractivity contribution is -0.123. The number of carbonyl (C=O) groups excluding carboxylic acids is 1. The molecular formula is C27H29BrN2O4. The van der Waals surface area contributed by atoms with Crippen LogP contribution in [0.3, 0.4) is 0 Å². The van der Waals surface area contributed by atoms with E-state index >= 15 is 0 Å². The van der Waals surface area contributed by atoms with E-state index in [1.54, 1.807) is 13.2 Å². The number of hydrazone groups is 1. The minimum atomic E-state index is -0.353. The minimum absolute atomic E-state index is 0.0887. The summed E-state index contributed by atoms with van der Waals surface area (Å²) >= 11 is 3.53. The third kappa shape index (κ3) is 7.09. The first-order chi connectivity index (χ1) is 16.3. The maximum Gasteiger partial charge on any atom is 0.277 e. The highest BCUT2D eigenvalue weighted by Crippen LogP contribution is 2.37. The van der Waals surface area contributed by atoms with Gasteiger partial charge in [0, 0.05) is 0 Å². The zero-order valence-corrected chi connectivity index (χ0v) is 21.4. The molecule has 0 atom stereocenters. The molecule has 3 rings (SSSR count). The summed E-state index contributed by atoms with van der Waals surface area (Å²) < 4.78 is 17.9. The summed E-state index contributed by atoms with van der Waals surface area (Å²) in [7, 11) is 1.58. The van der Waals surface area contributed by atoms with Gasteiger partial charge in [0.05, 0.1) is 17.8 Å². The second-order valence-corrected chi connectivity index (χ2v) is 9.49. The Morgan fingerprint density at radius 1 is 1.00 bits per heavy atom. The molecule has 0 aliphatic heterocycles. The van der Waals surface area contributed by atoms with Crippen molar-refractivity contribution in [2.75, 3.05) is 13.7 Å². The zero-order chi connectivity index (χ0) is 24.6. The maximum absolute atomic E-state index is 12.2. The Morgan fingerprint density at radius 2 is 1.71 bits per heavy atom. The quantitative estimate of drug-likeness (QED) is 0.281. The molecule has 0 fully saturated rings. The number of ether oxygens (including phenoxy) is 3. The molecule has 0 aromatic heterocycles. The van der Waals surface area contributed by atoms with Crippen LogP contribution in [0.5, 0.6) is 17.2 Å². The molecule has 7 heteroatoms. The van der Waals surface area contributed by atoms with Gasteiger partial charge in [-0.3, -0.25) is 4.79 Å². The fourth-order valence-corrected chi connectivity index (χ4v) is 3.82. The summed E-state index contributed by atoms with van der Waals surface area (Å²) in [6.45, 7) is 6.58. The second kappa shape index (κ2) is 11.7. The largest absolute Gasteiger partial charge is 0.493 e. The number of halogens is 1. The molecule has 0 aliphatic carbocycles. The average molecular weight is 525 g/mol. The number of para-hydroxylation sites is 1. The third-order valence-corrected chi connectivity index (χ3v) is 5.52. The number of nitrogens with one attached hydrogen (secondary N) is 1. The summed E-state index contributed by atoms with van der Waals surface area (Å²) in [6, 6.07) is 21.2. The van der Waals surface area contributed by atoms with Crippen LogP contribution >= 0.6 is 15.9 Å². The number of carbonyl (C=O) groups is 1. The van der Waals surface area contributed by atoms with Crippen LogP contribution in [0.1, 0.15) is 37.5 Å². The van der Waals surface area contributed by atoms with Gasteiger partial charge in [0.2, 0.25) is 0 Å². The third-order valence-electron chi connectivity index (χ3n) is 4.93. The predicted molar refractivity (Wildman–Crippen MR) is 138 cm³/mol. The van der Waals surface area contributed by atoms with Crippen LogP contribution in [-0.2, 0) is 16.8 Å². The van der Waals surface area contributed by atoms with Gasteiger partial charge < -0.3 is 14.2 Å². The van der Waals surface area contributed by atoms with Gasteiger partial charge in [-0.25, -0.2) is 5.43 Å². The van der Waals surface area contributed by atoms with Gasteiger partial charge in [-0.05, 0) is 56.2 Å². The molecule has 3 aromatic carbocycles. The molecule has 6 nitrogen and oxygen atoms in total. The first-order valence-corrected chi connectivity index (χ1v) is 11.7. The smallest absolute Gasteiger partial charge is 0.277 e. The summed E-state index contributed by atoms with van der Waals surface area (Å²) in [5.41, 5.74) is 5.23. The Morgan fingerprint density at radius 3 is 2.41 bits per heavy atom. The molecule has 1 amide bonds. The van der Waals surface area contributed by atoms with Gasteiger partial charge in [-0.1, -0.05) is 69.3 Å². The number of hydrogen-bond acceptors (Lipinski definition) is 5. The van der Waals surface area contributed by atoms with Gasteiger partial charge in [0.15, 0.2) is 18.1 Å². The van der Waals surface area contributed by atoms with E-state index in [1.165, 1.54) is 6.21 Å². The highest BCUT2D eigenvalue weighted by atomic mass is 79.9. The predicted octanol–water partition coefficient (Wildman–Crippen LogP) is 5.86. The van der Waals surface area contributed by atoms with E-state index in [-0.39, 0.29) is 17.9 Å². The Balaban J connectivity index is 1.59. The molecule has 3 aromatic rings. The fourth-order valence-electron chi connectivity index (χ4n) is 3.25. The molecule has 178 valence electrons. The van der Waals surface area contributed by atoms with Crippen molar-refractivity contribution in [2.24, 2.45) is 5.10 Å². The van der Waals surface area contributed by atoms with Gasteiger partial charge >= 0.3 is 0 Å². The highest BCUT2D eigenvalue weighted by Gasteiger charge is 2.19. The lowest BCUT2D eigenvalue weighted by Gasteiger charge is -2.22. The van der Waals surface area contributed by atoms with Crippen molar-refractivity contribution < 1.29 is 19.0 Å². The number of amides is 1. The van der Waals surface area contributed by atoms with E-state index in [4.69, 9.17) is 14.2 Å². The van der Waals surface area contributed by atoms with Crippen LogP contribution in [0.25, 0.3) is 0 Å². The van der Waals surface area contributed by atoms with Crippen LogP contribution in [-0.4, -0.2) is 25.8 Å². The van der Waals surface area contributed by atoms with E-state index in [0.717, 1.165) is 21.2 Å². The normalized spacial score (nSPS) is 11.3. The van der Waals surface area contributed by atoms with E-state index in [1.807, 2.05) is 60.7 Å². The van der Waals surface area contributed by atoms with Gasteiger partial charge in [-0.2, -0.15) is 5.10 Å². The highest BCUT2D eigenvalue weighted by molar-refractivity contribution is 9.10. The summed E-state index contributed by atoms with van der Waals surface area (Å²) in [4.78, 5) is 12.2. The molecule has 0 aliphatic rings. The molecule has 0 saturated heterocycles. The standard InChI is InChI=1S/C27H29BrN2O4/c1-27(2,3)21-12-8-9-13-23(21)33-18-25(31)30-29-16-20-14-22(28)26(24(15-20)32-4)34-17-19-10-6-5-7-11-19/h5-16H,17-18H2,1-4H3,(H,30,31)/b29-16+. The monoisotopic (exact) mass is 524 g/mol. The lowest BCUT2D eigenvalue weighted by atomic mass is 9.86. The van der Waals surface area contributed by atoms with E-state index in [0.29, 0.717) is 23.9 Å². The Labute approximate surface area is 209 Å². The van der Waals surface area contributed by atoms with Gasteiger partial charge in [0.1, 0.15) is 12.4 Å². The van der Waals surface area contributed by atoms with Crippen LogP contribution < -0.4 is 19.6 Å². The van der Waals surface area contributed by atoms with E-state index < -0.39 is 0 Å². The fraction of sp³-hybridized carbons (Fsp3) is 0.259. The van der Waals surface area contributed by atoms with Crippen molar-refractivity contribution in [3.8, 4) is 17.2 Å².